The maximum atomic E-state index is 2.35. The second-order valence-corrected chi connectivity index (χ2v) is 3.30. The van der Waals surface area contributed by atoms with Crippen LogP contribution in [0.3, 0.4) is 0 Å². The lowest BCUT2D eigenvalue weighted by Crippen LogP contribution is -1.99. The van der Waals surface area contributed by atoms with E-state index in [0.29, 0.717) is 0 Å². The molecule has 0 heterocycles. The standard InChI is InChI=1S/C10H9/c1-2-7-4-5-8-6-10(8)9(7)3-1/h1-5,8,10H,6H2. The fraction of sp³-hybridized carbons (Fsp3) is 0.300. The van der Waals surface area contributed by atoms with Crippen molar-refractivity contribution in [3.63, 3.8) is 0 Å². The molecule has 1 saturated carbocycles. The van der Waals surface area contributed by atoms with Crippen molar-refractivity contribution >= 4 is 0 Å². The van der Waals surface area contributed by atoms with E-state index in [1.807, 2.05) is 0 Å². The lowest BCUT2D eigenvalue weighted by molar-refractivity contribution is 0.896. The molecule has 0 aromatic carbocycles. The fourth-order valence-electron chi connectivity index (χ4n) is 1.95. The fourth-order valence-corrected chi connectivity index (χ4v) is 1.95. The molecule has 0 aliphatic heterocycles. The third kappa shape index (κ3) is 0.476. The van der Waals surface area contributed by atoms with Crippen molar-refractivity contribution in [3.05, 3.63) is 41.9 Å². The average molecular weight is 129 g/mol. The molecule has 3 aliphatic rings. The molecule has 1 radical (unpaired) electrons. The normalized spacial score (nSPS) is 41.0. The Bertz CT molecular complexity index is 255. The van der Waals surface area contributed by atoms with E-state index >= 15 is 0 Å². The van der Waals surface area contributed by atoms with Gasteiger partial charge >= 0.3 is 0 Å². The summed E-state index contributed by atoms with van der Waals surface area (Å²) in [7, 11) is 0. The van der Waals surface area contributed by atoms with Crippen LogP contribution in [0.2, 0.25) is 0 Å². The quantitative estimate of drug-likeness (QED) is 0.470. The third-order valence-electron chi connectivity index (χ3n) is 2.65. The minimum absolute atomic E-state index is 0.898. The molecule has 0 N–H and O–H groups in total. The van der Waals surface area contributed by atoms with Gasteiger partial charge in [0.15, 0.2) is 0 Å². The van der Waals surface area contributed by atoms with Gasteiger partial charge in [-0.1, -0.05) is 36.0 Å². The summed E-state index contributed by atoms with van der Waals surface area (Å²) in [4.78, 5) is 0. The molecule has 0 saturated heterocycles. The van der Waals surface area contributed by atoms with Gasteiger partial charge in [-0.25, -0.2) is 0 Å². The zero-order valence-electron chi connectivity index (χ0n) is 5.75. The Kier molecular flexibility index (Phi) is 0.715. The van der Waals surface area contributed by atoms with Gasteiger partial charge in [0, 0.05) is 5.92 Å². The van der Waals surface area contributed by atoms with Gasteiger partial charge in [0.2, 0.25) is 0 Å². The zero-order valence-corrected chi connectivity index (χ0v) is 5.75. The van der Waals surface area contributed by atoms with Crippen LogP contribution in [-0.2, 0) is 0 Å². The van der Waals surface area contributed by atoms with Gasteiger partial charge in [-0.05, 0) is 18.3 Å². The van der Waals surface area contributed by atoms with Crippen molar-refractivity contribution in [2.45, 2.75) is 6.42 Å². The monoisotopic (exact) mass is 129 g/mol. The van der Waals surface area contributed by atoms with Crippen LogP contribution in [0.4, 0.5) is 0 Å². The Balaban J connectivity index is 2.09. The molecule has 2 atom stereocenters. The van der Waals surface area contributed by atoms with Crippen molar-refractivity contribution in [3.8, 4) is 0 Å². The minimum Gasteiger partial charge on any atom is -0.0836 e. The van der Waals surface area contributed by atoms with E-state index in [1.165, 1.54) is 12.3 Å². The molecule has 2 unspecified atom stereocenters. The van der Waals surface area contributed by atoms with Crippen molar-refractivity contribution in [2.24, 2.45) is 11.8 Å². The molecule has 0 spiro atoms. The van der Waals surface area contributed by atoms with Crippen LogP contribution in [0.1, 0.15) is 6.42 Å². The molecule has 0 amide bonds. The van der Waals surface area contributed by atoms with Gasteiger partial charge in [0.05, 0.1) is 0 Å². The Morgan fingerprint density at radius 2 is 2.30 bits per heavy atom. The van der Waals surface area contributed by atoms with Crippen LogP contribution in [0.15, 0.2) is 36.0 Å². The van der Waals surface area contributed by atoms with Crippen molar-refractivity contribution in [1.29, 1.82) is 0 Å². The first-order valence-corrected chi connectivity index (χ1v) is 3.89. The van der Waals surface area contributed by atoms with E-state index in [-0.39, 0.29) is 0 Å². The molecule has 0 aromatic rings. The van der Waals surface area contributed by atoms with Crippen LogP contribution in [0, 0.1) is 17.8 Å². The van der Waals surface area contributed by atoms with Gasteiger partial charge in [-0.15, -0.1) is 0 Å². The van der Waals surface area contributed by atoms with Crippen LogP contribution in [-0.4, -0.2) is 0 Å². The lowest BCUT2D eigenvalue weighted by Gasteiger charge is -2.11. The van der Waals surface area contributed by atoms with Crippen molar-refractivity contribution in [1.82, 2.24) is 0 Å². The molecule has 1 fully saturated rings. The summed E-state index contributed by atoms with van der Waals surface area (Å²) in [5.74, 6) is 3.25. The maximum Gasteiger partial charge on any atom is 0.0444 e. The first kappa shape index (κ1) is 4.95. The van der Waals surface area contributed by atoms with Crippen molar-refractivity contribution in [2.75, 3.05) is 0 Å². The Labute approximate surface area is 60.9 Å². The van der Waals surface area contributed by atoms with E-state index in [1.54, 1.807) is 5.57 Å². The minimum atomic E-state index is 0.898. The summed E-state index contributed by atoms with van der Waals surface area (Å²) in [5.41, 5.74) is 1.59. The molecule has 3 rings (SSSR count). The summed E-state index contributed by atoms with van der Waals surface area (Å²) in [6.45, 7) is 0. The molecule has 0 aromatic heterocycles. The molecule has 49 valence electrons. The van der Waals surface area contributed by atoms with Gasteiger partial charge in [-0.3, -0.25) is 0 Å². The first-order chi connectivity index (χ1) is 4.95. The summed E-state index contributed by atoms with van der Waals surface area (Å²) >= 11 is 0. The van der Waals surface area contributed by atoms with Gasteiger partial charge in [0.1, 0.15) is 0 Å². The molecular formula is C10H9. The van der Waals surface area contributed by atoms with Crippen LogP contribution >= 0.6 is 0 Å². The topological polar surface area (TPSA) is 0 Å². The highest BCUT2D eigenvalue weighted by atomic mass is 14.5. The molecule has 3 aliphatic carbocycles. The smallest absolute Gasteiger partial charge is 0.0444 e. The van der Waals surface area contributed by atoms with E-state index in [2.05, 4.69) is 30.4 Å². The highest BCUT2D eigenvalue weighted by molar-refractivity contribution is 5.55. The SMILES string of the molecule is C1=C[C]2C=CC3CC3C2=C1. The van der Waals surface area contributed by atoms with Crippen molar-refractivity contribution < 1.29 is 0 Å². The van der Waals surface area contributed by atoms with E-state index in [9.17, 15) is 0 Å². The van der Waals surface area contributed by atoms with Crippen LogP contribution in [0.25, 0.3) is 0 Å². The molecular weight excluding hydrogens is 120 g/mol. The predicted molar refractivity (Wildman–Crippen MR) is 41.2 cm³/mol. The van der Waals surface area contributed by atoms with Gasteiger partial charge in [-0.2, -0.15) is 0 Å². The number of rotatable bonds is 0. The van der Waals surface area contributed by atoms with E-state index in [0.717, 1.165) is 11.8 Å². The summed E-state index contributed by atoms with van der Waals surface area (Å²) < 4.78 is 0. The Morgan fingerprint density at radius 3 is 3.30 bits per heavy atom. The second kappa shape index (κ2) is 1.45. The summed E-state index contributed by atoms with van der Waals surface area (Å²) in [6.07, 6.45) is 12.7. The molecule has 0 nitrogen and oxygen atoms in total. The second-order valence-electron chi connectivity index (χ2n) is 3.30. The molecule has 0 heteroatoms. The summed E-state index contributed by atoms with van der Waals surface area (Å²) in [5, 5.41) is 0. The first-order valence-electron chi connectivity index (χ1n) is 3.89. The van der Waals surface area contributed by atoms with Crippen LogP contribution < -0.4 is 0 Å². The Morgan fingerprint density at radius 1 is 1.30 bits per heavy atom. The lowest BCUT2D eigenvalue weighted by atomic mass is 9.93. The van der Waals surface area contributed by atoms with Gasteiger partial charge in [0.25, 0.3) is 0 Å². The van der Waals surface area contributed by atoms with Gasteiger partial charge < -0.3 is 0 Å². The maximum absolute atomic E-state index is 2.35. The summed E-state index contributed by atoms with van der Waals surface area (Å²) in [6, 6.07) is 0. The third-order valence-corrected chi connectivity index (χ3v) is 2.65. The average Bonchev–Trinajstić information content (AvgIpc) is 2.60. The van der Waals surface area contributed by atoms with Crippen LogP contribution in [0.5, 0.6) is 0 Å². The largest absolute Gasteiger partial charge is 0.0836 e. The Hall–Kier alpha value is -0.780. The zero-order chi connectivity index (χ0) is 6.55. The van der Waals surface area contributed by atoms with E-state index < -0.39 is 0 Å². The number of hydrogen-bond donors (Lipinski definition) is 0. The highest BCUT2D eigenvalue weighted by Gasteiger charge is 2.42. The molecule has 0 bridgehead atoms. The number of allylic oxidation sites excluding steroid dienone is 6. The number of hydrogen-bond acceptors (Lipinski definition) is 0. The molecule has 10 heavy (non-hydrogen) atoms. The number of fused-ring (bicyclic) bond motifs is 3. The highest BCUT2D eigenvalue weighted by Crippen LogP contribution is 2.53. The predicted octanol–water partition coefficient (Wildman–Crippen LogP) is 2.26. The van der Waals surface area contributed by atoms with E-state index in [4.69, 9.17) is 0 Å².